The van der Waals surface area contributed by atoms with Crippen LogP contribution in [-0.4, -0.2) is 38.1 Å². The average Bonchev–Trinajstić information content (AvgIpc) is 2.38. The van der Waals surface area contributed by atoms with Crippen LogP contribution >= 0.6 is 11.6 Å². The van der Waals surface area contributed by atoms with Crippen LogP contribution in [0.4, 0.5) is 5.69 Å². The summed E-state index contributed by atoms with van der Waals surface area (Å²) in [4.78, 5) is 4.86. The van der Waals surface area contributed by atoms with Gasteiger partial charge in [-0.2, -0.15) is 0 Å². The molecular weight excluding hydrogens is 244 g/mol. The number of rotatable bonds is 3. The summed E-state index contributed by atoms with van der Waals surface area (Å²) >= 11 is 5.87. The van der Waals surface area contributed by atoms with Crippen molar-refractivity contribution in [3.8, 4) is 0 Å². The van der Waals surface area contributed by atoms with Gasteiger partial charge in [0.15, 0.2) is 0 Å². The van der Waals surface area contributed by atoms with Crippen molar-refractivity contribution in [1.29, 1.82) is 0 Å². The molecule has 1 aliphatic heterocycles. The predicted octanol–water partition coefficient (Wildman–Crippen LogP) is 3.26. The number of aryl methyl sites for hydroxylation is 1. The number of anilines is 1. The zero-order valence-corrected chi connectivity index (χ0v) is 12.4. The van der Waals surface area contributed by atoms with Gasteiger partial charge in [-0.05, 0) is 51.1 Å². The van der Waals surface area contributed by atoms with Crippen molar-refractivity contribution in [2.45, 2.75) is 31.7 Å². The van der Waals surface area contributed by atoms with Crippen molar-refractivity contribution in [2.24, 2.45) is 0 Å². The van der Waals surface area contributed by atoms with E-state index in [0.717, 1.165) is 19.1 Å². The summed E-state index contributed by atoms with van der Waals surface area (Å²) in [5, 5.41) is 0. The van der Waals surface area contributed by atoms with E-state index in [-0.39, 0.29) is 0 Å². The summed E-state index contributed by atoms with van der Waals surface area (Å²) in [6.45, 7) is 4.50. The van der Waals surface area contributed by atoms with Crippen LogP contribution in [-0.2, 0) is 5.88 Å². The predicted molar refractivity (Wildman–Crippen MR) is 79.7 cm³/mol. The molecule has 0 N–H and O–H groups in total. The molecule has 1 aliphatic rings. The Kier molecular flexibility index (Phi) is 4.52. The van der Waals surface area contributed by atoms with Gasteiger partial charge in [0.25, 0.3) is 0 Å². The number of alkyl halides is 1. The molecule has 0 aliphatic carbocycles. The number of hydrogen-bond donors (Lipinski definition) is 0. The van der Waals surface area contributed by atoms with Crippen LogP contribution in [0.25, 0.3) is 0 Å². The number of halogens is 1. The lowest BCUT2D eigenvalue weighted by Gasteiger charge is -2.37. The molecule has 0 bridgehead atoms. The van der Waals surface area contributed by atoms with Crippen molar-refractivity contribution < 1.29 is 0 Å². The van der Waals surface area contributed by atoms with Crippen LogP contribution in [0.1, 0.15) is 24.0 Å². The van der Waals surface area contributed by atoms with Gasteiger partial charge in [-0.3, -0.25) is 0 Å². The number of hydrogen-bond acceptors (Lipinski definition) is 2. The van der Waals surface area contributed by atoms with E-state index >= 15 is 0 Å². The molecule has 0 spiro atoms. The van der Waals surface area contributed by atoms with E-state index in [2.05, 4.69) is 49.0 Å². The van der Waals surface area contributed by atoms with Crippen LogP contribution in [0.3, 0.4) is 0 Å². The average molecular weight is 267 g/mol. The third kappa shape index (κ3) is 2.99. The Labute approximate surface area is 116 Å². The van der Waals surface area contributed by atoms with E-state index in [9.17, 15) is 0 Å². The Hall–Kier alpha value is -0.730. The minimum atomic E-state index is 0.601. The zero-order chi connectivity index (χ0) is 13.1. The Morgan fingerprint density at radius 2 is 1.94 bits per heavy atom. The van der Waals surface area contributed by atoms with Gasteiger partial charge in [0, 0.05) is 30.7 Å². The van der Waals surface area contributed by atoms with Crippen LogP contribution in [0.5, 0.6) is 0 Å². The second-order valence-electron chi connectivity index (χ2n) is 5.44. The SMILES string of the molecule is Cc1cc(CCl)ccc1N1CCC(N(C)C)CC1. The summed E-state index contributed by atoms with van der Waals surface area (Å²) in [5.74, 6) is 0.601. The van der Waals surface area contributed by atoms with Crippen molar-refractivity contribution in [1.82, 2.24) is 4.90 Å². The largest absolute Gasteiger partial charge is 0.371 e. The summed E-state index contributed by atoms with van der Waals surface area (Å²) in [7, 11) is 4.36. The van der Waals surface area contributed by atoms with Gasteiger partial charge in [0.1, 0.15) is 0 Å². The molecule has 1 aromatic rings. The highest BCUT2D eigenvalue weighted by molar-refractivity contribution is 6.17. The lowest BCUT2D eigenvalue weighted by molar-refractivity contribution is 0.249. The smallest absolute Gasteiger partial charge is 0.0474 e. The number of benzene rings is 1. The second kappa shape index (κ2) is 5.94. The Balaban J connectivity index is 2.05. The Morgan fingerprint density at radius 1 is 1.28 bits per heavy atom. The topological polar surface area (TPSA) is 6.48 Å². The minimum absolute atomic E-state index is 0.601. The maximum absolute atomic E-state index is 5.87. The van der Waals surface area contributed by atoms with E-state index < -0.39 is 0 Å². The molecule has 2 nitrogen and oxygen atoms in total. The highest BCUT2D eigenvalue weighted by atomic mass is 35.5. The fourth-order valence-corrected chi connectivity index (χ4v) is 2.94. The summed E-state index contributed by atoms with van der Waals surface area (Å²) in [6.07, 6.45) is 2.51. The van der Waals surface area contributed by atoms with Crippen LogP contribution in [0.15, 0.2) is 18.2 Å². The molecular formula is C15H23ClN2. The third-order valence-corrected chi connectivity index (χ3v) is 4.26. The van der Waals surface area contributed by atoms with Crippen molar-refractivity contribution in [3.63, 3.8) is 0 Å². The maximum Gasteiger partial charge on any atom is 0.0474 e. The van der Waals surface area contributed by atoms with Gasteiger partial charge in [0.05, 0.1) is 0 Å². The van der Waals surface area contributed by atoms with Crippen LogP contribution in [0, 0.1) is 6.92 Å². The van der Waals surface area contributed by atoms with E-state index in [4.69, 9.17) is 11.6 Å². The monoisotopic (exact) mass is 266 g/mol. The molecule has 0 unspecified atom stereocenters. The fraction of sp³-hybridized carbons (Fsp3) is 0.600. The molecule has 0 atom stereocenters. The molecule has 1 aromatic carbocycles. The highest BCUT2D eigenvalue weighted by Crippen LogP contribution is 2.26. The molecule has 3 heteroatoms. The molecule has 0 amide bonds. The molecule has 0 aromatic heterocycles. The molecule has 1 fully saturated rings. The van der Waals surface area contributed by atoms with Gasteiger partial charge in [-0.15, -0.1) is 11.6 Å². The van der Waals surface area contributed by atoms with Gasteiger partial charge in [0.2, 0.25) is 0 Å². The van der Waals surface area contributed by atoms with Crippen molar-refractivity contribution >= 4 is 17.3 Å². The molecule has 100 valence electrons. The summed E-state index contributed by atoms with van der Waals surface area (Å²) in [6, 6.07) is 7.32. The van der Waals surface area contributed by atoms with Crippen LogP contribution in [0.2, 0.25) is 0 Å². The molecule has 0 saturated carbocycles. The van der Waals surface area contributed by atoms with Crippen molar-refractivity contribution in [2.75, 3.05) is 32.1 Å². The first-order valence-corrected chi connectivity index (χ1v) is 7.22. The van der Waals surface area contributed by atoms with Crippen LogP contribution < -0.4 is 4.90 Å². The molecule has 1 saturated heterocycles. The quantitative estimate of drug-likeness (QED) is 0.775. The zero-order valence-electron chi connectivity index (χ0n) is 11.6. The Morgan fingerprint density at radius 3 is 2.44 bits per heavy atom. The molecule has 18 heavy (non-hydrogen) atoms. The summed E-state index contributed by atoms with van der Waals surface area (Å²) in [5.41, 5.74) is 3.93. The lowest BCUT2D eigenvalue weighted by atomic mass is 10.0. The van der Waals surface area contributed by atoms with Gasteiger partial charge < -0.3 is 9.80 Å². The van der Waals surface area contributed by atoms with E-state index in [1.807, 2.05) is 0 Å². The first-order valence-electron chi connectivity index (χ1n) is 6.68. The van der Waals surface area contributed by atoms with Gasteiger partial charge in [-0.25, -0.2) is 0 Å². The molecule has 2 rings (SSSR count). The minimum Gasteiger partial charge on any atom is -0.371 e. The summed E-state index contributed by atoms with van der Waals surface area (Å²) < 4.78 is 0. The maximum atomic E-state index is 5.87. The van der Waals surface area contributed by atoms with E-state index in [1.165, 1.54) is 29.7 Å². The van der Waals surface area contributed by atoms with E-state index in [0.29, 0.717) is 5.88 Å². The fourth-order valence-electron chi connectivity index (χ4n) is 2.78. The molecule has 1 heterocycles. The van der Waals surface area contributed by atoms with Crippen molar-refractivity contribution in [3.05, 3.63) is 29.3 Å². The first-order chi connectivity index (χ1) is 8.61. The number of piperidine rings is 1. The second-order valence-corrected chi connectivity index (χ2v) is 5.70. The normalized spacial score (nSPS) is 17.5. The Bertz CT molecular complexity index is 395. The van der Waals surface area contributed by atoms with Gasteiger partial charge >= 0.3 is 0 Å². The van der Waals surface area contributed by atoms with E-state index in [1.54, 1.807) is 0 Å². The first kappa shape index (κ1) is 13.7. The lowest BCUT2D eigenvalue weighted by Crippen LogP contribution is -2.42. The highest BCUT2D eigenvalue weighted by Gasteiger charge is 2.21. The van der Waals surface area contributed by atoms with Gasteiger partial charge in [-0.1, -0.05) is 12.1 Å². The molecule has 0 radical (unpaired) electrons. The standard InChI is InChI=1S/C15H23ClN2/c1-12-10-13(11-16)4-5-15(12)18-8-6-14(7-9-18)17(2)3/h4-5,10,14H,6-9,11H2,1-3H3. The number of nitrogens with zero attached hydrogens (tertiary/aromatic N) is 2. The third-order valence-electron chi connectivity index (χ3n) is 3.95.